The van der Waals surface area contributed by atoms with Crippen LogP contribution in [0.3, 0.4) is 0 Å². The first-order chi connectivity index (χ1) is 21.1. The topological polar surface area (TPSA) is 92.9 Å². The van der Waals surface area contributed by atoms with Crippen molar-refractivity contribution < 1.29 is 23.8 Å². The van der Waals surface area contributed by atoms with E-state index in [2.05, 4.69) is 34.3 Å². The quantitative estimate of drug-likeness (QED) is 0.143. The van der Waals surface area contributed by atoms with Crippen LogP contribution in [0.5, 0.6) is 5.75 Å². The highest BCUT2D eigenvalue weighted by atomic mass is 16.5. The number of morpholine rings is 1. The number of carbonyl (C=O) groups is 2. The molecule has 1 aromatic heterocycles. The summed E-state index contributed by atoms with van der Waals surface area (Å²) in [6.07, 6.45) is 2.84. The fourth-order valence-electron chi connectivity index (χ4n) is 5.43. The third kappa shape index (κ3) is 8.54. The average molecular weight is 584 g/mol. The molecule has 1 atom stereocenters. The van der Waals surface area contributed by atoms with Crippen molar-refractivity contribution >= 4 is 22.7 Å². The molecule has 2 N–H and O–H groups in total. The van der Waals surface area contributed by atoms with Gasteiger partial charge in [0.15, 0.2) is 5.78 Å². The Hall–Kier alpha value is -3.98. The van der Waals surface area contributed by atoms with Crippen molar-refractivity contribution in [3.8, 4) is 5.75 Å². The van der Waals surface area contributed by atoms with E-state index in [4.69, 9.17) is 14.2 Å². The maximum Gasteiger partial charge on any atom is 0.354 e. The molecule has 8 nitrogen and oxygen atoms in total. The fourth-order valence-corrected chi connectivity index (χ4v) is 5.43. The molecule has 0 amide bonds. The van der Waals surface area contributed by atoms with E-state index in [-0.39, 0.29) is 25.0 Å². The summed E-state index contributed by atoms with van der Waals surface area (Å²) in [6.45, 7) is 6.69. The maximum absolute atomic E-state index is 13.6. The molecule has 1 aliphatic heterocycles. The van der Waals surface area contributed by atoms with Crippen LogP contribution in [0.15, 0.2) is 78.9 Å². The van der Waals surface area contributed by atoms with Crippen molar-refractivity contribution in [2.75, 3.05) is 46.0 Å². The van der Waals surface area contributed by atoms with Crippen molar-refractivity contribution in [3.05, 3.63) is 101 Å². The first kappa shape index (κ1) is 30.5. The predicted octanol–water partition coefficient (Wildman–Crippen LogP) is 5.42. The monoisotopic (exact) mass is 583 g/mol. The zero-order valence-corrected chi connectivity index (χ0v) is 24.8. The number of Topliss-reactive ketones (excluding diaryl/α,β-unsaturated/α-hetero) is 1. The SMILES string of the molecule is CCCC(Cc1ccccc1)NCC(=O)c1ccc(OCc2ccccc2)c2[nH]c(C(=O)OCCN3CCOCC3)cc12. The summed E-state index contributed by atoms with van der Waals surface area (Å²) >= 11 is 0. The Kier molecular flexibility index (Phi) is 11.0. The molecule has 0 saturated carbocycles. The van der Waals surface area contributed by atoms with Gasteiger partial charge in [-0.25, -0.2) is 4.79 Å². The molecule has 5 rings (SSSR count). The van der Waals surface area contributed by atoms with Crippen LogP contribution in [0.2, 0.25) is 0 Å². The van der Waals surface area contributed by atoms with Gasteiger partial charge in [-0.2, -0.15) is 0 Å². The van der Waals surface area contributed by atoms with Crippen molar-refractivity contribution in [3.63, 3.8) is 0 Å². The molecule has 0 spiro atoms. The van der Waals surface area contributed by atoms with E-state index in [9.17, 15) is 9.59 Å². The van der Waals surface area contributed by atoms with Crippen LogP contribution in [0.4, 0.5) is 0 Å². The van der Waals surface area contributed by atoms with Crippen molar-refractivity contribution in [1.82, 2.24) is 15.2 Å². The van der Waals surface area contributed by atoms with Gasteiger partial charge in [-0.1, -0.05) is 74.0 Å². The van der Waals surface area contributed by atoms with Gasteiger partial charge in [-0.15, -0.1) is 0 Å². The number of aromatic amines is 1. The molecule has 226 valence electrons. The van der Waals surface area contributed by atoms with E-state index < -0.39 is 5.97 Å². The Morgan fingerprint density at radius 1 is 0.977 bits per heavy atom. The predicted molar refractivity (Wildman–Crippen MR) is 168 cm³/mol. The van der Waals surface area contributed by atoms with Gasteiger partial charge in [-0.3, -0.25) is 9.69 Å². The Bertz CT molecular complexity index is 1470. The fraction of sp³-hybridized carbons (Fsp3) is 0.371. The van der Waals surface area contributed by atoms with Crippen molar-refractivity contribution in [1.29, 1.82) is 0 Å². The Morgan fingerprint density at radius 3 is 2.42 bits per heavy atom. The number of esters is 1. The Balaban J connectivity index is 1.32. The van der Waals surface area contributed by atoms with Gasteiger partial charge in [0, 0.05) is 36.6 Å². The minimum atomic E-state index is -0.458. The zero-order chi connectivity index (χ0) is 29.9. The summed E-state index contributed by atoms with van der Waals surface area (Å²) in [5, 5.41) is 4.13. The van der Waals surface area contributed by atoms with Crippen LogP contribution in [0, 0.1) is 0 Å². The zero-order valence-electron chi connectivity index (χ0n) is 24.8. The number of ketones is 1. The average Bonchev–Trinajstić information content (AvgIpc) is 3.50. The van der Waals surface area contributed by atoms with Gasteiger partial charge in [-0.05, 0) is 42.2 Å². The van der Waals surface area contributed by atoms with Crippen molar-refractivity contribution in [2.24, 2.45) is 0 Å². The number of aromatic nitrogens is 1. The van der Waals surface area contributed by atoms with Crippen LogP contribution in [0.25, 0.3) is 10.9 Å². The van der Waals surface area contributed by atoms with Gasteiger partial charge < -0.3 is 24.5 Å². The minimum absolute atomic E-state index is 0.0417. The Labute approximate surface area is 253 Å². The molecule has 0 bridgehead atoms. The van der Waals surface area contributed by atoms with Gasteiger partial charge in [0.25, 0.3) is 0 Å². The number of ether oxygens (including phenoxy) is 3. The summed E-state index contributed by atoms with van der Waals surface area (Å²) < 4.78 is 17.2. The highest BCUT2D eigenvalue weighted by molar-refractivity contribution is 6.11. The highest BCUT2D eigenvalue weighted by Crippen LogP contribution is 2.30. The number of nitrogens with zero attached hydrogens (tertiary/aromatic N) is 1. The van der Waals surface area contributed by atoms with Gasteiger partial charge >= 0.3 is 5.97 Å². The van der Waals surface area contributed by atoms with E-state index in [0.29, 0.717) is 54.3 Å². The molecule has 1 fully saturated rings. The summed E-state index contributed by atoms with van der Waals surface area (Å²) in [5.74, 6) is 0.0736. The number of benzene rings is 3. The summed E-state index contributed by atoms with van der Waals surface area (Å²) in [5.41, 5.74) is 3.70. The molecule has 1 aliphatic rings. The molecule has 4 aromatic rings. The van der Waals surface area contributed by atoms with Crippen LogP contribution in [-0.2, 0) is 22.5 Å². The molecular weight excluding hydrogens is 542 g/mol. The standard InChI is InChI=1S/C35H41N3O5/c1-2-9-28(22-26-10-5-3-6-11-26)36-24-32(39)29-14-15-33(43-25-27-12-7-4-8-13-27)34-30(29)23-31(37-34)35(40)42-21-18-38-16-19-41-20-17-38/h3-8,10-15,23,28,36-37H,2,9,16-22,24-25H2,1H3. The summed E-state index contributed by atoms with van der Waals surface area (Å²) in [4.78, 5) is 32.1. The summed E-state index contributed by atoms with van der Waals surface area (Å²) in [7, 11) is 0. The van der Waals surface area contributed by atoms with Gasteiger partial charge in [0.05, 0.1) is 25.3 Å². The number of hydrogen-bond donors (Lipinski definition) is 2. The first-order valence-corrected chi connectivity index (χ1v) is 15.2. The first-order valence-electron chi connectivity index (χ1n) is 15.2. The molecule has 8 heteroatoms. The number of rotatable bonds is 15. The second kappa shape index (κ2) is 15.5. The molecule has 43 heavy (non-hydrogen) atoms. The third-order valence-electron chi connectivity index (χ3n) is 7.77. The molecular formula is C35H41N3O5. The van der Waals surface area contributed by atoms with Crippen molar-refractivity contribution in [2.45, 2.75) is 38.8 Å². The number of carbonyl (C=O) groups excluding carboxylic acids is 2. The Morgan fingerprint density at radius 2 is 1.70 bits per heavy atom. The lowest BCUT2D eigenvalue weighted by molar-refractivity contribution is 0.0193. The van der Waals surface area contributed by atoms with E-state index in [1.807, 2.05) is 48.5 Å². The lowest BCUT2D eigenvalue weighted by Crippen LogP contribution is -2.38. The largest absolute Gasteiger partial charge is 0.487 e. The second-order valence-electron chi connectivity index (χ2n) is 10.9. The molecule has 0 aliphatic carbocycles. The number of H-pyrrole nitrogens is 1. The molecule has 1 saturated heterocycles. The number of nitrogens with one attached hydrogen (secondary N) is 2. The van der Waals surface area contributed by atoms with Gasteiger partial charge in [0.2, 0.25) is 0 Å². The minimum Gasteiger partial charge on any atom is -0.487 e. The van der Waals surface area contributed by atoms with Crippen LogP contribution in [0.1, 0.15) is 51.7 Å². The number of fused-ring (bicyclic) bond motifs is 1. The molecule has 2 heterocycles. The van der Waals surface area contributed by atoms with Crippen LogP contribution < -0.4 is 10.1 Å². The van der Waals surface area contributed by atoms with Gasteiger partial charge in [0.1, 0.15) is 24.7 Å². The van der Waals surface area contributed by atoms with E-state index >= 15 is 0 Å². The number of hydrogen-bond acceptors (Lipinski definition) is 7. The maximum atomic E-state index is 13.6. The third-order valence-corrected chi connectivity index (χ3v) is 7.77. The lowest BCUT2D eigenvalue weighted by atomic mass is 10.0. The highest BCUT2D eigenvalue weighted by Gasteiger charge is 2.21. The van der Waals surface area contributed by atoms with E-state index in [1.54, 1.807) is 18.2 Å². The normalized spacial score (nSPS) is 14.4. The molecule has 1 unspecified atom stereocenters. The smallest absolute Gasteiger partial charge is 0.354 e. The van der Waals surface area contributed by atoms with E-state index in [0.717, 1.165) is 37.9 Å². The molecule has 0 radical (unpaired) electrons. The second-order valence-corrected chi connectivity index (χ2v) is 10.9. The van der Waals surface area contributed by atoms with Crippen LogP contribution >= 0.6 is 0 Å². The van der Waals surface area contributed by atoms with E-state index in [1.165, 1.54) is 5.56 Å². The molecule has 3 aromatic carbocycles. The lowest BCUT2D eigenvalue weighted by Gasteiger charge is -2.26. The summed E-state index contributed by atoms with van der Waals surface area (Å²) in [6, 6.07) is 25.7. The van der Waals surface area contributed by atoms with Crippen LogP contribution in [-0.4, -0.2) is 73.7 Å².